The van der Waals surface area contributed by atoms with E-state index in [1.807, 2.05) is 12.1 Å². The van der Waals surface area contributed by atoms with Crippen molar-refractivity contribution in [1.29, 1.82) is 0 Å². The molecule has 0 aromatic heterocycles. The molecule has 0 fully saturated rings. The first kappa shape index (κ1) is 13.4. The average Bonchev–Trinajstić information content (AvgIpc) is 2.52. The van der Waals surface area contributed by atoms with Crippen LogP contribution < -0.4 is 4.74 Å². The van der Waals surface area contributed by atoms with E-state index < -0.39 is 5.24 Å². The Balaban J connectivity index is 2.73. The minimum absolute atomic E-state index is 0.0717. The molecule has 1 aliphatic heterocycles. The van der Waals surface area contributed by atoms with Gasteiger partial charge in [-0.15, -0.1) is 0 Å². The van der Waals surface area contributed by atoms with Gasteiger partial charge in [0.2, 0.25) is 0 Å². The predicted octanol–water partition coefficient (Wildman–Crippen LogP) is 4.03. The molecule has 2 nitrogen and oxygen atoms in total. The first-order valence-corrected chi connectivity index (χ1v) is 6.52. The van der Waals surface area contributed by atoms with E-state index >= 15 is 0 Å². The summed E-state index contributed by atoms with van der Waals surface area (Å²) in [6, 6.07) is 3.72. The standard InChI is InChI=1S/C15H19ClO2/c1-14(2,3)10-6-9(13(16)17)7-11-12(10)18-8-15(11,4)5/h6-7H,8H2,1-5H3. The fourth-order valence-electron chi connectivity index (χ4n) is 2.29. The second-order valence-electron chi connectivity index (χ2n) is 6.60. The number of carbonyl (C=O) groups is 1. The van der Waals surface area contributed by atoms with Gasteiger partial charge in [0.25, 0.3) is 5.24 Å². The van der Waals surface area contributed by atoms with Gasteiger partial charge in [0, 0.05) is 22.1 Å². The van der Waals surface area contributed by atoms with Crippen molar-refractivity contribution < 1.29 is 9.53 Å². The van der Waals surface area contributed by atoms with Crippen LogP contribution in [0.3, 0.4) is 0 Å². The molecule has 0 radical (unpaired) electrons. The molecule has 0 saturated carbocycles. The lowest BCUT2D eigenvalue weighted by atomic mass is 9.79. The zero-order chi connectivity index (χ0) is 13.7. The molecular formula is C15H19ClO2. The third-order valence-electron chi connectivity index (χ3n) is 3.43. The van der Waals surface area contributed by atoms with Crippen LogP contribution >= 0.6 is 11.6 Å². The van der Waals surface area contributed by atoms with Gasteiger partial charge in [-0.25, -0.2) is 0 Å². The monoisotopic (exact) mass is 266 g/mol. The van der Waals surface area contributed by atoms with E-state index in [1.54, 1.807) is 0 Å². The van der Waals surface area contributed by atoms with Crippen LogP contribution in [-0.2, 0) is 10.8 Å². The van der Waals surface area contributed by atoms with Gasteiger partial charge in [-0.3, -0.25) is 4.79 Å². The van der Waals surface area contributed by atoms with Gasteiger partial charge in [-0.1, -0.05) is 34.6 Å². The molecule has 1 aromatic rings. The van der Waals surface area contributed by atoms with Crippen molar-refractivity contribution in [3.8, 4) is 5.75 Å². The molecule has 0 bridgehead atoms. The summed E-state index contributed by atoms with van der Waals surface area (Å²) in [7, 11) is 0. The van der Waals surface area contributed by atoms with Crippen LogP contribution in [0, 0.1) is 0 Å². The van der Waals surface area contributed by atoms with E-state index in [9.17, 15) is 4.79 Å². The maximum atomic E-state index is 11.5. The Bertz CT molecular complexity index is 510. The van der Waals surface area contributed by atoms with E-state index in [-0.39, 0.29) is 10.8 Å². The average molecular weight is 267 g/mol. The van der Waals surface area contributed by atoms with Crippen molar-refractivity contribution >= 4 is 16.8 Å². The van der Waals surface area contributed by atoms with Gasteiger partial charge in [-0.05, 0) is 29.1 Å². The highest BCUT2D eigenvalue weighted by molar-refractivity contribution is 6.67. The molecule has 1 aromatic carbocycles. The summed E-state index contributed by atoms with van der Waals surface area (Å²) >= 11 is 5.64. The van der Waals surface area contributed by atoms with E-state index in [0.717, 1.165) is 16.9 Å². The second-order valence-corrected chi connectivity index (χ2v) is 6.94. The maximum absolute atomic E-state index is 11.5. The van der Waals surface area contributed by atoms with Crippen LogP contribution in [0.25, 0.3) is 0 Å². The molecule has 0 spiro atoms. The van der Waals surface area contributed by atoms with Gasteiger partial charge < -0.3 is 4.74 Å². The number of benzene rings is 1. The van der Waals surface area contributed by atoms with E-state index in [1.165, 1.54) is 0 Å². The zero-order valence-electron chi connectivity index (χ0n) is 11.6. The molecule has 0 atom stereocenters. The number of rotatable bonds is 1. The van der Waals surface area contributed by atoms with Crippen molar-refractivity contribution in [3.05, 3.63) is 28.8 Å². The van der Waals surface area contributed by atoms with Crippen LogP contribution in [0.15, 0.2) is 12.1 Å². The molecule has 0 aliphatic carbocycles. The van der Waals surface area contributed by atoms with E-state index in [2.05, 4.69) is 34.6 Å². The molecule has 0 saturated heterocycles. The molecule has 0 N–H and O–H groups in total. The van der Waals surface area contributed by atoms with Gasteiger partial charge in [-0.2, -0.15) is 0 Å². The summed E-state index contributed by atoms with van der Waals surface area (Å²) in [5.74, 6) is 0.925. The topological polar surface area (TPSA) is 26.3 Å². The quantitative estimate of drug-likeness (QED) is 0.718. The van der Waals surface area contributed by atoms with E-state index in [4.69, 9.17) is 16.3 Å². The minimum Gasteiger partial charge on any atom is -0.492 e. The molecule has 3 heteroatoms. The van der Waals surface area contributed by atoms with Crippen LogP contribution in [0.4, 0.5) is 0 Å². The normalized spacial score (nSPS) is 17.2. The lowest BCUT2D eigenvalue weighted by Crippen LogP contribution is -2.18. The van der Waals surface area contributed by atoms with Crippen LogP contribution in [0.1, 0.15) is 56.1 Å². The van der Waals surface area contributed by atoms with Gasteiger partial charge >= 0.3 is 0 Å². The largest absolute Gasteiger partial charge is 0.492 e. The Kier molecular flexibility index (Phi) is 2.97. The van der Waals surface area contributed by atoms with Crippen molar-refractivity contribution in [2.45, 2.75) is 45.4 Å². The molecular weight excluding hydrogens is 248 g/mol. The van der Waals surface area contributed by atoms with Gasteiger partial charge in [0.1, 0.15) is 5.75 Å². The minimum atomic E-state index is -0.411. The summed E-state index contributed by atoms with van der Waals surface area (Å²) in [6.07, 6.45) is 0. The number of hydrogen-bond acceptors (Lipinski definition) is 2. The Hall–Kier alpha value is -1.02. The number of ether oxygens (including phenoxy) is 1. The highest BCUT2D eigenvalue weighted by Gasteiger charge is 2.36. The van der Waals surface area contributed by atoms with Crippen molar-refractivity contribution in [1.82, 2.24) is 0 Å². The van der Waals surface area contributed by atoms with Gasteiger partial charge in [0.05, 0.1) is 6.61 Å². The zero-order valence-corrected chi connectivity index (χ0v) is 12.3. The van der Waals surface area contributed by atoms with E-state index in [0.29, 0.717) is 12.2 Å². The Morgan fingerprint density at radius 3 is 2.44 bits per heavy atom. The van der Waals surface area contributed by atoms with Crippen molar-refractivity contribution in [2.75, 3.05) is 6.61 Å². The summed E-state index contributed by atoms with van der Waals surface area (Å²) in [5, 5.41) is -0.411. The fourth-order valence-corrected chi connectivity index (χ4v) is 2.40. The molecule has 0 unspecified atom stereocenters. The third kappa shape index (κ3) is 2.14. The molecule has 18 heavy (non-hydrogen) atoms. The van der Waals surface area contributed by atoms with Crippen molar-refractivity contribution in [2.24, 2.45) is 0 Å². The fraction of sp³-hybridized carbons (Fsp3) is 0.533. The third-order valence-corrected chi connectivity index (χ3v) is 3.65. The molecule has 2 rings (SSSR count). The first-order chi connectivity index (χ1) is 8.13. The Morgan fingerprint density at radius 1 is 1.33 bits per heavy atom. The maximum Gasteiger partial charge on any atom is 0.252 e. The number of hydrogen-bond donors (Lipinski definition) is 0. The molecule has 0 amide bonds. The smallest absolute Gasteiger partial charge is 0.252 e. The lowest BCUT2D eigenvalue weighted by molar-refractivity contribution is 0.108. The predicted molar refractivity (Wildman–Crippen MR) is 73.8 cm³/mol. The molecule has 1 heterocycles. The SMILES string of the molecule is CC(C)(C)c1cc(C(=O)Cl)cc2c1OCC2(C)C. The highest BCUT2D eigenvalue weighted by atomic mass is 35.5. The van der Waals surface area contributed by atoms with Crippen LogP contribution in [0.2, 0.25) is 0 Å². The Labute approximate surface area is 113 Å². The number of halogens is 1. The number of carbonyl (C=O) groups excluding carboxylic acids is 1. The second kappa shape index (κ2) is 3.99. The molecule has 1 aliphatic rings. The first-order valence-electron chi connectivity index (χ1n) is 6.14. The summed E-state index contributed by atoms with van der Waals surface area (Å²) < 4.78 is 5.85. The highest BCUT2D eigenvalue weighted by Crippen LogP contribution is 2.45. The summed E-state index contributed by atoms with van der Waals surface area (Å²) in [5.41, 5.74) is 2.54. The summed E-state index contributed by atoms with van der Waals surface area (Å²) in [4.78, 5) is 11.5. The Morgan fingerprint density at radius 2 is 1.94 bits per heavy atom. The van der Waals surface area contributed by atoms with Gasteiger partial charge in [0.15, 0.2) is 0 Å². The van der Waals surface area contributed by atoms with Crippen LogP contribution in [-0.4, -0.2) is 11.8 Å². The lowest BCUT2D eigenvalue weighted by Gasteiger charge is -2.23. The summed E-state index contributed by atoms with van der Waals surface area (Å²) in [6.45, 7) is 11.2. The molecule has 98 valence electrons. The van der Waals surface area contributed by atoms with Crippen molar-refractivity contribution in [3.63, 3.8) is 0 Å². The number of fused-ring (bicyclic) bond motifs is 1. The van der Waals surface area contributed by atoms with Crippen LogP contribution in [0.5, 0.6) is 5.75 Å².